The van der Waals surface area contributed by atoms with Gasteiger partial charge in [-0.05, 0) is 122 Å². The van der Waals surface area contributed by atoms with Gasteiger partial charge in [0.15, 0.2) is 6.10 Å². The van der Waals surface area contributed by atoms with Gasteiger partial charge in [0, 0.05) is 19.3 Å². The zero-order valence-electron chi connectivity index (χ0n) is 50.6. The molecule has 1 atom stereocenters. The van der Waals surface area contributed by atoms with Gasteiger partial charge >= 0.3 is 17.9 Å². The van der Waals surface area contributed by atoms with Crippen LogP contribution in [0, 0.1) is 0 Å². The quantitative estimate of drug-likeness (QED) is 0.0261. The van der Waals surface area contributed by atoms with Gasteiger partial charge in [0.25, 0.3) is 0 Å². The van der Waals surface area contributed by atoms with Crippen LogP contribution in [0.5, 0.6) is 0 Å². The van der Waals surface area contributed by atoms with Crippen LogP contribution in [0.2, 0.25) is 0 Å². The highest BCUT2D eigenvalue weighted by molar-refractivity contribution is 5.71. The van der Waals surface area contributed by atoms with Gasteiger partial charge < -0.3 is 14.2 Å². The molecule has 0 heterocycles. The lowest BCUT2D eigenvalue weighted by Crippen LogP contribution is -2.30. The summed E-state index contributed by atoms with van der Waals surface area (Å²) in [6.07, 6.45) is 96.9. The molecule has 442 valence electrons. The van der Waals surface area contributed by atoms with Crippen LogP contribution in [0.4, 0.5) is 0 Å². The first-order valence-corrected chi connectivity index (χ1v) is 31.6. The predicted molar refractivity (Wildman–Crippen MR) is 343 cm³/mol. The van der Waals surface area contributed by atoms with Crippen LogP contribution in [-0.2, 0) is 28.6 Å². The SMILES string of the molecule is CC/C=C\C/C=C\C/C=C\C/C=C\C/C=C\C/C=C\C/C=C\C/C=C\CCCCCCCCCCCCC(=O)OCC(COC(=O)CCCCCCCCC)OC(=O)CC/C=C\C/C=C\C/C=C\C/C=C\C/C=C\C/C=C\CC. The fraction of sp³-hybridized carbons (Fsp3) is 0.575. The minimum Gasteiger partial charge on any atom is -0.462 e. The molecule has 0 amide bonds. The van der Waals surface area contributed by atoms with Crippen molar-refractivity contribution in [3.05, 3.63) is 170 Å². The lowest BCUT2D eigenvalue weighted by molar-refractivity contribution is -0.166. The van der Waals surface area contributed by atoms with E-state index >= 15 is 0 Å². The van der Waals surface area contributed by atoms with E-state index in [4.69, 9.17) is 14.2 Å². The summed E-state index contributed by atoms with van der Waals surface area (Å²) >= 11 is 0. The van der Waals surface area contributed by atoms with Crippen LogP contribution in [0.25, 0.3) is 0 Å². The maximum absolute atomic E-state index is 12.8. The molecular formula is C73H114O6. The standard InChI is InChI=1S/C73H114O6/c1-4-7-10-13-16-18-20-22-24-26-28-29-30-31-32-33-34-35-36-37-38-39-40-41-42-43-45-46-48-50-52-54-57-60-63-66-72(75)78-69-70(68-77-71(74)65-62-59-56-15-12-9-6-3)79-73(76)67-64-61-58-55-53-51-49-47-44-27-25-23-21-19-17-14-11-8-5-2/h7-8,10-11,16-19,22-25,28-29,31-32,34-35,37-38,40-41,44,47,51,53,58,61,70H,4-6,9,12-15,20-21,26-27,30,33,36,39,42-43,45-46,48-50,52,54-57,59-60,62-69H2,1-3H3/b10-7-,11-8-,18-16-,19-17-,24-22-,25-23-,29-28-,32-31-,35-34-,38-37-,41-40-,47-44-,53-51-,61-58-. The molecule has 0 rings (SSSR count). The van der Waals surface area contributed by atoms with Gasteiger partial charge in [-0.2, -0.15) is 0 Å². The highest BCUT2D eigenvalue weighted by atomic mass is 16.6. The van der Waals surface area contributed by atoms with Crippen molar-refractivity contribution >= 4 is 17.9 Å². The normalized spacial score (nSPS) is 13.3. The van der Waals surface area contributed by atoms with Crippen molar-refractivity contribution in [2.75, 3.05) is 13.2 Å². The average molecular weight is 1090 g/mol. The number of rotatable bonds is 55. The van der Waals surface area contributed by atoms with Gasteiger partial charge in [-0.15, -0.1) is 0 Å². The maximum atomic E-state index is 12.8. The maximum Gasteiger partial charge on any atom is 0.306 e. The van der Waals surface area contributed by atoms with E-state index in [-0.39, 0.29) is 31.6 Å². The topological polar surface area (TPSA) is 78.9 Å². The van der Waals surface area contributed by atoms with Gasteiger partial charge in [-0.3, -0.25) is 14.4 Å². The Labute approximate surface area is 485 Å². The van der Waals surface area contributed by atoms with E-state index in [0.717, 1.165) is 135 Å². The Hall–Kier alpha value is -5.23. The molecule has 0 radical (unpaired) electrons. The lowest BCUT2D eigenvalue weighted by Gasteiger charge is -2.18. The number of hydrogen-bond acceptors (Lipinski definition) is 6. The van der Waals surface area contributed by atoms with E-state index in [1.54, 1.807) is 0 Å². The van der Waals surface area contributed by atoms with Crippen molar-refractivity contribution in [2.45, 2.75) is 258 Å². The summed E-state index contributed by atoms with van der Waals surface area (Å²) in [6.45, 7) is 6.29. The fourth-order valence-electron chi connectivity index (χ4n) is 8.07. The van der Waals surface area contributed by atoms with E-state index < -0.39 is 12.1 Å². The predicted octanol–water partition coefficient (Wildman–Crippen LogP) is 21.9. The number of hydrogen-bond donors (Lipinski definition) is 0. The van der Waals surface area contributed by atoms with Crippen LogP contribution in [0.1, 0.15) is 252 Å². The largest absolute Gasteiger partial charge is 0.462 e. The van der Waals surface area contributed by atoms with Crippen LogP contribution >= 0.6 is 0 Å². The Morgan fingerprint density at radius 2 is 0.519 bits per heavy atom. The summed E-state index contributed by atoms with van der Waals surface area (Å²) in [4.78, 5) is 38.0. The van der Waals surface area contributed by atoms with Gasteiger partial charge in [0.1, 0.15) is 13.2 Å². The molecule has 0 aliphatic rings. The Kier molecular flexibility index (Phi) is 61.0. The second-order valence-electron chi connectivity index (χ2n) is 20.2. The van der Waals surface area contributed by atoms with Crippen LogP contribution in [0.15, 0.2) is 170 Å². The number of ether oxygens (including phenoxy) is 3. The molecule has 0 aromatic heterocycles. The molecule has 0 saturated carbocycles. The van der Waals surface area contributed by atoms with Crippen molar-refractivity contribution in [2.24, 2.45) is 0 Å². The van der Waals surface area contributed by atoms with E-state index in [0.29, 0.717) is 19.3 Å². The number of esters is 3. The van der Waals surface area contributed by atoms with Crippen molar-refractivity contribution in [3.63, 3.8) is 0 Å². The lowest BCUT2D eigenvalue weighted by atomic mass is 10.1. The number of unbranched alkanes of at least 4 members (excludes halogenated alkanes) is 16. The molecule has 0 bridgehead atoms. The monoisotopic (exact) mass is 1090 g/mol. The highest BCUT2D eigenvalue weighted by Gasteiger charge is 2.19. The van der Waals surface area contributed by atoms with E-state index in [9.17, 15) is 14.4 Å². The fourth-order valence-corrected chi connectivity index (χ4v) is 8.07. The third kappa shape index (κ3) is 63.5. The summed E-state index contributed by atoms with van der Waals surface area (Å²) in [7, 11) is 0. The first kappa shape index (κ1) is 73.8. The second-order valence-corrected chi connectivity index (χ2v) is 20.2. The van der Waals surface area contributed by atoms with E-state index in [2.05, 4.69) is 179 Å². The number of allylic oxidation sites excluding steroid dienone is 28. The van der Waals surface area contributed by atoms with E-state index in [1.807, 2.05) is 12.2 Å². The van der Waals surface area contributed by atoms with Gasteiger partial charge in [-0.1, -0.05) is 281 Å². The molecule has 0 fully saturated rings. The third-order valence-electron chi connectivity index (χ3n) is 12.7. The summed E-state index contributed by atoms with van der Waals surface area (Å²) in [5.74, 6) is -1.02. The Bertz CT molecular complexity index is 1820. The molecule has 0 aliphatic carbocycles. The summed E-state index contributed by atoms with van der Waals surface area (Å²) in [5.41, 5.74) is 0. The zero-order chi connectivity index (χ0) is 57.1. The number of carbonyl (C=O) groups is 3. The third-order valence-corrected chi connectivity index (χ3v) is 12.7. The van der Waals surface area contributed by atoms with Crippen LogP contribution in [0.3, 0.4) is 0 Å². The summed E-state index contributed by atoms with van der Waals surface area (Å²) < 4.78 is 16.7. The van der Waals surface area contributed by atoms with Crippen molar-refractivity contribution in [1.29, 1.82) is 0 Å². The molecule has 6 heteroatoms. The minimum atomic E-state index is -0.825. The van der Waals surface area contributed by atoms with Crippen LogP contribution < -0.4 is 0 Å². The molecule has 0 aliphatic heterocycles. The smallest absolute Gasteiger partial charge is 0.306 e. The summed E-state index contributed by atoms with van der Waals surface area (Å²) in [5, 5.41) is 0. The van der Waals surface area contributed by atoms with E-state index in [1.165, 1.54) is 70.6 Å². The summed E-state index contributed by atoms with van der Waals surface area (Å²) in [6, 6.07) is 0. The molecule has 0 aromatic rings. The molecule has 6 nitrogen and oxygen atoms in total. The zero-order valence-corrected chi connectivity index (χ0v) is 50.6. The van der Waals surface area contributed by atoms with Gasteiger partial charge in [0.2, 0.25) is 0 Å². The van der Waals surface area contributed by atoms with Gasteiger partial charge in [-0.25, -0.2) is 0 Å². The molecular weight excluding hydrogens is 973 g/mol. The highest BCUT2D eigenvalue weighted by Crippen LogP contribution is 2.14. The Morgan fingerprint density at radius 3 is 0.823 bits per heavy atom. The number of carbonyl (C=O) groups excluding carboxylic acids is 3. The van der Waals surface area contributed by atoms with Crippen molar-refractivity contribution < 1.29 is 28.6 Å². The first-order valence-electron chi connectivity index (χ1n) is 31.6. The van der Waals surface area contributed by atoms with Crippen molar-refractivity contribution in [3.8, 4) is 0 Å². The molecule has 0 spiro atoms. The second kappa shape index (κ2) is 65.3. The van der Waals surface area contributed by atoms with Gasteiger partial charge in [0.05, 0.1) is 0 Å². The minimum absolute atomic E-state index is 0.115. The molecule has 0 N–H and O–H groups in total. The Balaban J connectivity index is 4.21. The van der Waals surface area contributed by atoms with Crippen molar-refractivity contribution in [1.82, 2.24) is 0 Å². The Morgan fingerprint density at radius 1 is 0.266 bits per heavy atom. The molecule has 1 unspecified atom stereocenters. The average Bonchev–Trinajstić information content (AvgIpc) is 3.45. The first-order chi connectivity index (χ1) is 39.0. The molecule has 0 saturated heterocycles. The molecule has 79 heavy (non-hydrogen) atoms. The molecule has 0 aromatic carbocycles. The van der Waals surface area contributed by atoms with Crippen LogP contribution in [-0.4, -0.2) is 37.2 Å².